The number of nitrogens with zero attached hydrogens (tertiary/aromatic N) is 2. The molecule has 0 N–H and O–H groups in total. The van der Waals surface area contributed by atoms with E-state index in [0.29, 0.717) is 0 Å². The second-order valence-electron chi connectivity index (χ2n) is 20.8. The van der Waals surface area contributed by atoms with Gasteiger partial charge < -0.3 is 9.80 Å². The SMILES string of the molecule is c1ccc(-c2ccc(-c3cc4ccccc4cc3N(c3ccccc3)c3ccc4c(c3)C3(c5ccccc5-c5ccc(N(c6ccc(-c7ccccc7)cc6)c6ccccc6-c6ccccc6)cc53)c3ccccc3-4)cc2)cc1. The second kappa shape index (κ2) is 19.1. The van der Waals surface area contributed by atoms with Crippen molar-refractivity contribution in [3.63, 3.8) is 0 Å². The summed E-state index contributed by atoms with van der Waals surface area (Å²) in [6.45, 7) is 0. The molecule has 0 aliphatic heterocycles. The summed E-state index contributed by atoms with van der Waals surface area (Å²) in [7, 11) is 0. The van der Waals surface area contributed by atoms with Crippen LogP contribution in [-0.4, -0.2) is 0 Å². The highest BCUT2D eigenvalue weighted by molar-refractivity contribution is 6.01. The van der Waals surface area contributed by atoms with E-state index in [2.05, 4.69) is 325 Å². The summed E-state index contributed by atoms with van der Waals surface area (Å²) in [5.74, 6) is 0. The first-order chi connectivity index (χ1) is 39.2. The van der Waals surface area contributed by atoms with Crippen molar-refractivity contribution in [2.45, 2.75) is 5.41 Å². The first-order valence-electron chi connectivity index (χ1n) is 27.3. The van der Waals surface area contributed by atoms with Gasteiger partial charge in [-0.1, -0.05) is 249 Å². The molecule has 79 heavy (non-hydrogen) atoms. The zero-order valence-electron chi connectivity index (χ0n) is 43.4. The lowest BCUT2D eigenvalue weighted by Crippen LogP contribution is -2.26. The van der Waals surface area contributed by atoms with E-state index in [1.807, 2.05) is 0 Å². The van der Waals surface area contributed by atoms with E-state index in [4.69, 9.17) is 0 Å². The predicted molar refractivity (Wildman–Crippen MR) is 331 cm³/mol. The molecule has 15 rings (SSSR count). The minimum atomic E-state index is -0.645. The molecule has 1 atom stereocenters. The van der Waals surface area contributed by atoms with Gasteiger partial charge in [0.05, 0.1) is 16.8 Å². The molecular formula is C77H52N2. The standard InChI is InChI=1S/C77H52N2/c1-5-21-53(22-6-1)55-37-39-58(40-38-55)70-49-59-27-13-14-28-60(59)50-76(70)79(61-29-11-4-12-30-61)64-46-48-69-67-33-16-19-35-72(67)77(74(69)52-64)71-34-18-15-32-66(71)68-47-45-63(51-73(68)77)78(62-43-41-56(42-44-62)54-23-7-2-8-24-54)75-36-20-17-31-65(75)57-25-9-3-10-26-57/h1-52H. The Kier molecular flexibility index (Phi) is 11.1. The predicted octanol–water partition coefficient (Wildman–Crippen LogP) is 20.8. The number of hydrogen-bond donors (Lipinski definition) is 0. The van der Waals surface area contributed by atoms with Gasteiger partial charge in [-0.25, -0.2) is 0 Å². The van der Waals surface area contributed by atoms with Crippen molar-refractivity contribution in [1.82, 2.24) is 0 Å². The Hall–Kier alpha value is -10.3. The molecule has 0 saturated carbocycles. The highest BCUT2D eigenvalue weighted by atomic mass is 15.2. The lowest BCUT2D eigenvalue weighted by Gasteiger charge is -2.34. The third-order valence-electron chi connectivity index (χ3n) is 16.5. The number of anilines is 6. The maximum atomic E-state index is 2.52. The van der Waals surface area contributed by atoms with Crippen LogP contribution in [0.15, 0.2) is 315 Å². The fourth-order valence-electron chi connectivity index (χ4n) is 12.9. The molecule has 1 spiro atoms. The van der Waals surface area contributed by atoms with Gasteiger partial charge in [0.1, 0.15) is 0 Å². The van der Waals surface area contributed by atoms with Crippen LogP contribution in [0.3, 0.4) is 0 Å². The van der Waals surface area contributed by atoms with Crippen LogP contribution in [0, 0.1) is 0 Å². The van der Waals surface area contributed by atoms with E-state index in [1.54, 1.807) is 0 Å². The highest BCUT2D eigenvalue weighted by Crippen LogP contribution is 2.64. The van der Waals surface area contributed by atoms with Crippen molar-refractivity contribution < 1.29 is 0 Å². The monoisotopic (exact) mass is 1000 g/mol. The number of hydrogen-bond acceptors (Lipinski definition) is 2. The van der Waals surface area contributed by atoms with Crippen molar-refractivity contribution >= 4 is 44.9 Å². The lowest BCUT2D eigenvalue weighted by atomic mass is 9.70. The lowest BCUT2D eigenvalue weighted by molar-refractivity contribution is 0.793. The quantitative estimate of drug-likeness (QED) is 0.135. The molecule has 0 bridgehead atoms. The van der Waals surface area contributed by atoms with Gasteiger partial charge in [-0.15, -0.1) is 0 Å². The van der Waals surface area contributed by atoms with Crippen LogP contribution >= 0.6 is 0 Å². The van der Waals surface area contributed by atoms with Crippen molar-refractivity contribution in [2.24, 2.45) is 0 Å². The molecular weight excluding hydrogens is 953 g/mol. The second-order valence-corrected chi connectivity index (χ2v) is 20.8. The maximum absolute atomic E-state index is 2.52. The van der Waals surface area contributed by atoms with E-state index in [9.17, 15) is 0 Å². The number of benzene rings is 13. The van der Waals surface area contributed by atoms with Crippen molar-refractivity contribution in [1.29, 1.82) is 0 Å². The van der Waals surface area contributed by atoms with E-state index in [1.165, 1.54) is 83.1 Å². The molecule has 13 aromatic carbocycles. The van der Waals surface area contributed by atoms with Crippen molar-refractivity contribution in [2.75, 3.05) is 9.80 Å². The molecule has 0 saturated heterocycles. The summed E-state index contributed by atoms with van der Waals surface area (Å²) >= 11 is 0. The molecule has 2 heteroatoms. The van der Waals surface area contributed by atoms with Gasteiger partial charge >= 0.3 is 0 Å². The van der Waals surface area contributed by atoms with Crippen LogP contribution in [0.2, 0.25) is 0 Å². The summed E-state index contributed by atoms with van der Waals surface area (Å²) < 4.78 is 0. The van der Waals surface area contributed by atoms with Crippen LogP contribution in [0.4, 0.5) is 34.1 Å². The third-order valence-corrected chi connectivity index (χ3v) is 16.5. The van der Waals surface area contributed by atoms with Gasteiger partial charge in [0, 0.05) is 33.9 Å². The summed E-state index contributed by atoms with van der Waals surface area (Å²) in [5.41, 5.74) is 25.5. The molecule has 0 fully saturated rings. The van der Waals surface area contributed by atoms with E-state index < -0.39 is 5.41 Å². The van der Waals surface area contributed by atoms with Crippen LogP contribution in [0.25, 0.3) is 77.5 Å². The van der Waals surface area contributed by atoms with Gasteiger partial charge in [0.2, 0.25) is 0 Å². The summed E-state index contributed by atoms with van der Waals surface area (Å²) in [4.78, 5) is 4.96. The Labute approximate surface area is 462 Å². The molecule has 2 nitrogen and oxygen atoms in total. The average Bonchev–Trinajstić information content (AvgIpc) is 3.47. The van der Waals surface area contributed by atoms with Crippen LogP contribution < -0.4 is 9.80 Å². The van der Waals surface area contributed by atoms with Gasteiger partial charge in [-0.3, -0.25) is 0 Å². The Balaban J connectivity index is 0.955. The third kappa shape index (κ3) is 7.64. The molecule has 0 radical (unpaired) electrons. The van der Waals surface area contributed by atoms with Crippen molar-refractivity contribution in [3.05, 3.63) is 338 Å². The van der Waals surface area contributed by atoms with Crippen LogP contribution in [0.5, 0.6) is 0 Å². The first kappa shape index (κ1) is 46.1. The number of rotatable bonds is 10. The van der Waals surface area contributed by atoms with Gasteiger partial charge in [-0.2, -0.15) is 0 Å². The Bertz CT molecular complexity index is 4380. The van der Waals surface area contributed by atoms with Crippen molar-refractivity contribution in [3.8, 4) is 66.8 Å². The summed E-state index contributed by atoms with van der Waals surface area (Å²) in [5, 5.41) is 2.39. The average molecular weight is 1010 g/mol. The minimum absolute atomic E-state index is 0.645. The van der Waals surface area contributed by atoms with Gasteiger partial charge in [0.15, 0.2) is 0 Å². The van der Waals surface area contributed by atoms with E-state index in [-0.39, 0.29) is 0 Å². The van der Waals surface area contributed by atoms with E-state index >= 15 is 0 Å². The number of fused-ring (bicyclic) bond motifs is 11. The largest absolute Gasteiger partial charge is 0.310 e. The highest BCUT2D eigenvalue weighted by Gasteiger charge is 2.52. The summed E-state index contributed by atoms with van der Waals surface area (Å²) in [6.07, 6.45) is 0. The topological polar surface area (TPSA) is 6.48 Å². The normalized spacial score (nSPS) is 13.6. The molecule has 2 aliphatic carbocycles. The molecule has 0 aromatic heterocycles. The Morgan fingerprint density at radius 1 is 0.190 bits per heavy atom. The molecule has 2 aliphatic rings. The van der Waals surface area contributed by atoms with Gasteiger partial charge in [0.25, 0.3) is 0 Å². The van der Waals surface area contributed by atoms with Crippen LogP contribution in [-0.2, 0) is 5.41 Å². The fourth-order valence-corrected chi connectivity index (χ4v) is 12.9. The smallest absolute Gasteiger partial charge is 0.0727 e. The maximum Gasteiger partial charge on any atom is 0.0727 e. The first-order valence-corrected chi connectivity index (χ1v) is 27.3. The zero-order chi connectivity index (χ0) is 52.3. The minimum Gasteiger partial charge on any atom is -0.310 e. The number of para-hydroxylation sites is 2. The molecule has 0 amide bonds. The Morgan fingerprint density at radius 2 is 0.544 bits per heavy atom. The zero-order valence-corrected chi connectivity index (χ0v) is 43.4. The summed E-state index contributed by atoms with van der Waals surface area (Å²) in [6, 6.07) is 116. The molecule has 1 unspecified atom stereocenters. The molecule has 13 aromatic rings. The Morgan fingerprint density at radius 3 is 1.10 bits per heavy atom. The fraction of sp³-hybridized carbons (Fsp3) is 0.0130. The van der Waals surface area contributed by atoms with Crippen LogP contribution in [0.1, 0.15) is 22.3 Å². The molecule has 370 valence electrons. The van der Waals surface area contributed by atoms with E-state index in [0.717, 1.165) is 50.8 Å². The molecule has 0 heterocycles. The van der Waals surface area contributed by atoms with Gasteiger partial charge in [-0.05, 0) is 155 Å².